The van der Waals surface area contributed by atoms with E-state index in [4.69, 9.17) is 4.99 Å². The number of hydrogen-bond acceptors (Lipinski definition) is 7. The van der Waals surface area contributed by atoms with Gasteiger partial charge in [-0.3, -0.25) is 23.7 Å². The summed E-state index contributed by atoms with van der Waals surface area (Å²) in [6, 6.07) is 3.30. The minimum atomic E-state index is -3.03. The Bertz CT molecular complexity index is 1150. The molecule has 1 aliphatic carbocycles. The van der Waals surface area contributed by atoms with Gasteiger partial charge in [0.05, 0.1) is 18.0 Å². The molecule has 1 aromatic carbocycles. The van der Waals surface area contributed by atoms with E-state index in [9.17, 15) is 23.5 Å². The van der Waals surface area contributed by atoms with Crippen molar-refractivity contribution in [3.63, 3.8) is 0 Å². The average molecular weight is 546 g/mol. The predicted molar refractivity (Wildman–Crippen MR) is 148 cm³/mol. The minimum Gasteiger partial charge on any atom is -0.328 e. The number of nitrogens with zero attached hydrogens (tertiary/aromatic N) is 3. The van der Waals surface area contributed by atoms with Crippen LogP contribution < -0.4 is 15.5 Å². The summed E-state index contributed by atoms with van der Waals surface area (Å²) in [5, 5.41) is 5.60. The van der Waals surface area contributed by atoms with Crippen LogP contribution in [0.1, 0.15) is 62.1 Å². The fourth-order valence-corrected chi connectivity index (χ4v) is 7.69. The number of imide groups is 1. The summed E-state index contributed by atoms with van der Waals surface area (Å²) in [6.07, 6.45) is 5.83. The summed E-state index contributed by atoms with van der Waals surface area (Å²) in [6.45, 7) is 6.80. The van der Waals surface area contributed by atoms with Gasteiger partial charge in [0.25, 0.3) is 11.8 Å². The Morgan fingerprint density at radius 2 is 1.74 bits per heavy atom. The molecule has 1 saturated carbocycles. The van der Waals surface area contributed by atoms with E-state index in [0.29, 0.717) is 44.0 Å². The zero-order valence-corrected chi connectivity index (χ0v) is 23.3. The number of carbonyl (C=O) groups is 3. The number of amidine groups is 1. The van der Waals surface area contributed by atoms with Gasteiger partial charge < -0.3 is 10.6 Å². The van der Waals surface area contributed by atoms with Gasteiger partial charge in [-0.25, -0.2) is 14.0 Å². The van der Waals surface area contributed by atoms with E-state index in [2.05, 4.69) is 17.6 Å². The Kier molecular flexibility index (Phi) is 7.32. The molecule has 0 radical (unpaired) electrons. The van der Waals surface area contributed by atoms with Crippen LogP contribution in [0.15, 0.2) is 17.1 Å². The van der Waals surface area contributed by atoms with Crippen LogP contribution in [0.25, 0.3) is 0 Å². The molecule has 4 N–H and O–H groups in total. The van der Waals surface area contributed by atoms with Crippen molar-refractivity contribution in [3.05, 3.63) is 28.8 Å². The smallest absolute Gasteiger partial charge is 0.328 e. The zero-order valence-electron chi connectivity index (χ0n) is 22.5. The highest BCUT2D eigenvalue weighted by atomic mass is 32.3. The van der Waals surface area contributed by atoms with E-state index in [1.54, 1.807) is 4.31 Å². The van der Waals surface area contributed by atoms with E-state index in [1.165, 1.54) is 0 Å². The number of urea groups is 1. The number of hydrogen-bond donors (Lipinski definition) is 4. The van der Waals surface area contributed by atoms with Gasteiger partial charge in [-0.2, -0.15) is 0 Å². The number of anilines is 1. The number of amides is 4. The molecule has 38 heavy (non-hydrogen) atoms. The molecule has 4 aliphatic rings. The van der Waals surface area contributed by atoms with Gasteiger partial charge >= 0.3 is 6.03 Å². The first-order valence-corrected chi connectivity index (χ1v) is 15.3. The third-order valence-corrected chi connectivity index (χ3v) is 10.7. The van der Waals surface area contributed by atoms with E-state index in [1.807, 2.05) is 26.0 Å². The molecule has 2 saturated heterocycles. The molecule has 0 atom stereocenters. The first-order chi connectivity index (χ1) is 18.0. The molecular weight excluding hydrogens is 506 g/mol. The van der Waals surface area contributed by atoms with Gasteiger partial charge in [-0.1, -0.05) is 25.8 Å². The normalized spacial score (nSPS) is 26.5. The molecule has 0 bridgehead atoms. The molecule has 10 nitrogen and oxygen atoms in total. The van der Waals surface area contributed by atoms with Crippen molar-refractivity contribution in [2.75, 3.05) is 30.3 Å². The summed E-state index contributed by atoms with van der Waals surface area (Å²) >= 11 is 0. The van der Waals surface area contributed by atoms with Crippen LogP contribution >= 0.6 is 10.8 Å². The van der Waals surface area contributed by atoms with E-state index in [-0.39, 0.29) is 24.1 Å². The van der Waals surface area contributed by atoms with E-state index >= 15 is 0 Å². The molecule has 5 rings (SSSR count). The number of piperidine rings is 1. The van der Waals surface area contributed by atoms with Crippen molar-refractivity contribution in [3.8, 4) is 0 Å². The SMILES string of the molecule is Cc1cc(N2C(=O)CNC2=O)c(C)cc1CCS(O)(O)N1CCC2(CC1)N=C(C1CCC(C)CC1)NC2=O. The quantitative estimate of drug-likeness (QED) is 0.402. The van der Waals surface area contributed by atoms with Crippen LogP contribution in [0.5, 0.6) is 0 Å². The summed E-state index contributed by atoms with van der Waals surface area (Å²) in [5.74, 6) is 1.73. The maximum atomic E-state index is 13.0. The van der Waals surface area contributed by atoms with Gasteiger partial charge in [-0.05, 0) is 74.6 Å². The van der Waals surface area contributed by atoms with Crippen molar-refractivity contribution in [1.29, 1.82) is 0 Å². The molecular formula is C27H39N5O5S. The number of carbonyl (C=O) groups excluding carboxylic acids is 3. The monoisotopic (exact) mass is 545 g/mol. The lowest BCUT2D eigenvalue weighted by molar-refractivity contribution is -0.125. The Balaban J connectivity index is 1.21. The fourth-order valence-electron chi connectivity index (χ4n) is 6.17. The third-order valence-electron chi connectivity index (χ3n) is 8.75. The molecule has 0 aromatic heterocycles. The van der Waals surface area contributed by atoms with Gasteiger partial charge in [0.1, 0.15) is 11.4 Å². The number of aliphatic imine (C=N–C) groups is 1. The highest BCUT2D eigenvalue weighted by Crippen LogP contribution is 2.48. The minimum absolute atomic E-state index is 0.00869. The highest BCUT2D eigenvalue weighted by Gasteiger charge is 2.48. The van der Waals surface area contributed by atoms with Crippen LogP contribution in [-0.4, -0.2) is 68.0 Å². The zero-order chi connectivity index (χ0) is 27.2. The number of benzene rings is 1. The first kappa shape index (κ1) is 27.1. The molecule has 1 aromatic rings. The fraction of sp³-hybridized carbons (Fsp3) is 0.630. The number of rotatable bonds is 6. The molecule has 11 heteroatoms. The maximum Gasteiger partial charge on any atom is 0.329 e. The Labute approximate surface area is 225 Å². The number of aryl methyl sites for hydroxylation is 3. The summed E-state index contributed by atoms with van der Waals surface area (Å²) in [5.41, 5.74) is 2.37. The Hall–Kier alpha value is -2.47. The maximum absolute atomic E-state index is 13.0. The van der Waals surface area contributed by atoms with Gasteiger partial charge in [0.15, 0.2) is 0 Å². The lowest BCUT2D eigenvalue weighted by Gasteiger charge is -2.47. The molecule has 1 spiro atoms. The van der Waals surface area contributed by atoms with E-state index in [0.717, 1.165) is 59.0 Å². The van der Waals surface area contributed by atoms with Crippen LogP contribution in [0, 0.1) is 25.7 Å². The molecule has 3 heterocycles. The first-order valence-electron chi connectivity index (χ1n) is 13.6. The van der Waals surface area contributed by atoms with Crippen molar-refractivity contribution >= 4 is 40.1 Å². The van der Waals surface area contributed by atoms with Crippen LogP contribution in [0.2, 0.25) is 0 Å². The van der Waals surface area contributed by atoms with Crippen molar-refractivity contribution in [1.82, 2.24) is 14.9 Å². The molecule has 4 amide bonds. The van der Waals surface area contributed by atoms with E-state index < -0.39 is 22.3 Å². The summed E-state index contributed by atoms with van der Waals surface area (Å²) in [7, 11) is -3.03. The second-order valence-electron chi connectivity index (χ2n) is 11.4. The second-order valence-corrected chi connectivity index (χ2v) is 13.6. The molecule has 208 valence electrons. The standard InChI is InChI=1S/C27H39N5O5S/c1-17-4-6-20(7-5-17)24-29-25(34)27(30-24)9-11-31(12-10-27)38(36,37)13-8-21-14-19(3)22(15-18(21)2)32-23(33)16-28-26(32)35/h14-15,17,20,36-37H,4-13,16H2,1-3H3,(H,28,35)(H,29,30,34). The predicted octanol–water partition coefficient (Wildman–Crippen LogP) is 3.76. The Morgan fingerprint density at radius 3 is 2.37 bits per heavy atom. The van der Waals surface area contributed by atoms with Crippen molar-refractivity contribution in [2.45, 2.75) is 71.3 Å². The third kappa shape index (κ3) is 5.09. The average Bonchev–Trinajstić information content (AvgIpc) is 3.38. The number of nitrogens with one attached hydrogen (secondary N) is 2. The van der Waals surface area contributed by atoms with Crippen LogP contribution in [0.4, 0.5) is 10.5 Å². The van der Waals surface area contributed by atoms with Crippen LogP contribution in [-0.2, 0) is 16.0 Å². The lowest BCUT2D eigenvalue weighted by atomic mass is 9.82. The molecule has 3 aliphatic heterocycles. The van der Waals surface area contributed by atoms with Crippen LogP contribution in [0.3, 0.4) is 0 Å². The van der Waals surface area contributed by atoms with Crippen molar-refractivity contribution in [2.24, 2.45) is 16.8 Å². The largest absolute Gasteiger partial charge is 0.329 e. The highest BCUT2D eigenvalue weighted by molar-refractivity contribution is 8.22. The summed E-state index contributed by atoms with van der Waals surface area (Å²) < 4.78 is 23.8. The Morgan fingerprint density at radius 1 is 1.05 bits per heavy atom. The van der Waals surface area contributed by atoms with Gasteiger partial charge in [0.2, 0.25) is 0 Å². The second kappa shape index (κ2) is 10.3. The van der Waals surface area contributed by atoms with Gasteiger partial charge in [-0.15, -0.1) is 10.8 Å². The van der Waals surface area contributed by atoms with Gasteiger partial charge in [0, 0.05) is 19.0 Å². The summed E-state index contributed by atoms with van der Waals surface area (Å²) in [4.78, 5) is 43.2. The van der Waals surface area contributed by atoms with Crippen molar-refractivity contribution < 1.29 is 23.5 Å². The topological polar surface area (TPSA) is 135 Å². The molecule has 0 unspecified atom stereocenters. The molecule has 3 fully saturated rings. The lowest BCUT2D eigenvalue weighted by Crippen LogP contribution is -2.49.